The summed E-state index contributed by atoms with van der Waals surface area (Å²) in [5, 5.41) is 2.19. The number of thiazole rings is 1. The number of nitrogens with one attached hydrogen (secondary N) is 1. The molecule has 0 spiro atoms. The van der Waals surface area contributed by atoms with Gasteiger partial charge >= 0.3 is 16.0 Å². The number of carbonyl (C=O) groups excluding carboxylic acids is 1. The van der Waals surface area contributed by atoms with Gasteiger partial charge in [-0.1, -0.05) is 22.0 Å². The minimum absolute atomic E-state index is 0.187. The fourth-order valence-corrected chi connectivity index (χ4v) is 6.86. The molecule has 2 atom stereocenters. The summed E-state index contributed by atoms with van der Waals surface area (Å²) in [5.41, 5.74) is 1.69. The number of hydrogen-bond acceptors (Lipinski definition) is 8. The second-order valence-electron chi connectivity index (χ2n) is 8.54. The Morgan fingerprint density at radius 3 is 2.86 bits per heavy atom. The second kappa shape index (κ2) is 9.55. The number of aliphatic imine (C=N–C) groups is 1. The Morgan fingerprint density at radius 1 is 1.40 bits per heavy atom. The Hall–Kier alpha value is -2.44. The predicted molar refractivity (Wildman–Crippen MR) is 133 cm³/mol. The lowest BCUT2D eigenvalue weighted by Gasteiger charge is -2.31. The molecule has 2 aliphatic heterocycles. The van der Waals surface area contributed by atoms with Crippen LogP contribution in [0.25, 0.3) is 0 Å². The number of halogens is 2. The Kier molecular flexibility index (Phi) is 6.62. The van der Waals surface area contributed by atoms with Crippen LogP contribution in [0.1, 0.15) is 42.8 Å². The average Bonchev–Trinajstić information content (AvgIpc) is 3.38. The standard InChI is InChI=1S/C23H22BrFN4O4S2/c1-2-33-23(30)19-18-9-13(11-27-35(31,32)15-4-5-15)12-29(18)21(22-26-7-8-34-22)28-20(19)16-6-3-14(25)10-17(16)24/h3,6-8,10-11,13,15,20H,2,4-5,9,12H2,1H3/p+1/b27-11+/t13?,20-/m0/s1. The van der Waals surface area contributed by atoms with Gasteiger partial charge in [0.15, 0.2) is 17.1 Å². The van der Waals surface area contributed by atoms with E-state index in [1.165, 1.54) is 23.5 Å². The van der Waals surface area contributed by atoms with Gasteiger partial charge in [0, 0.05) is 34.7 Å². The highest BCUT2D eigenvalue weighted by Crippen LogP contribution is 2.43. The molecule has 1 aliphatic carbocycles. The Bertz CT molecular complexity index is 1350. The lowest BCUT2D eigenvalue weighted by Crippen LogP contribution is -2.75. The fraction of sp³-hybridized carbons (Fsp3) is 0.391. The average molecular weight is 582 g/mol. The zero-order valence-corrected chi connectivity index (χ0v) is 22.0. The molecular formula is C23H23BrFN4O4S2+. The molecule has 1 aromatic heterocycles. The van der Waals surface area contributed by atoms with E-state index in [2.05, 4.69) is 25.3 Å². The third-order valence-electron chi connectivity index (χ3n) is 6.10. The summed E-state index contributed by atoms with van der Waals surface area (Å²) in [6, 6.07) is 3.53. The van der Waals surface area contributed by atoms with Crippen molar-refractivity contribution in [2.75, 3.05) is 13.2 Å². The predicted octanol–water partition coefficient (Wildman–Crippen LogP) is 2.33. The van der Waals surface area contributed by atoms with E-state index in [-0.39, 0.29) is 17.8 Å². The van der Waals surface area contributed by atoms with Gasteiger partial charge in [0.05, 0.1) is 18.1 Å². The number of fused-ring (bicyclic) bond motifs is 1. The Morgan fingerprint density at radius 2 is 2.20 bits per heavy atom. The van der Waals surface area contributed by atoms with Crippen LogP contribution in [0.4, 0.5) is 4.39 Å². The van der Waals surface area contributed by atoms with Crippen LogP contribution in [0.3, 0.4) is 0 Å². The number of allylic oxidation sites excluding steroid dienone is 1. The second-order valence-corrected chi connectivity index (χ2v) is 12.3. The van der Waals surface area contributed by atoms with Crippen LogP contribution in [0.5, 0.6) is 0 Å². The third-order valence-corrected chi connectivity index (χ3v) is 9.37. The molecule has 35 heavy (non-hydrogen) atoms. The summed E-state index contributed by atoms with van der Waals surface area (Å²) in [6.07, 6.45) is 5.05. The van der Waals surface area contributed by atoms with Crippen molar-refractivity contribution in [2.45, 2.75) is 37.5 Å². The summed E-state index contributed by atoms with van der Waals surface area (Å²) in [6.45, 7) is 2.35. The van der Waals surface area contributed by atoms with Crippen molar-refractivity contribution in [3.05, 3.63) is 61.9 Å². The SMILES string of the molecule is CCOC(=O)C1=C2CC(/C=[NH+]/S(=O)(=O)C3CC3)CN2C(c2nccs2)=N[C@H]1c1ccc(F)cc1Br. The number of ether oxygens (including phenoxy) is 1. The summed E-state index contributed by atoms with van der Waals surface area (Å²) in [5.74, 6) is -0.519. The number of sulfonamides is 1. The molecular weight excluding hydrogens is 559 g/mol. The first-order chi connectivity index (χ1) is 16.8. The molecule has 1 saturated heterocycles. The molecule has 2 fully saturated rings. The monoisotopic (exact) mass is 581 g/mol. The first-order valence-corrected chi connectivity index (χ1v) is 14.4. The van der Waals surface area contributed by atoms with Crippen molar-refractivity contribution in [1.29, 1.82) is 0 Å². The molecule has 1 unspecified atom stereocenters. The van der Waals surface area contributed by atoms with Crippen LogP contribution in [-0.2, 0) is 19.6 Å². The number of hydrogen-bond donors (Lipinski definition) is 1. The largest absolute Gasteiger partial charge is 0.463 e. The quantitative estimate of drug-likeness (QED) is 0.397. The van der Waals surface area contributed by atoms with Crippen LogP contribution in [-0.4, -0.2) is 54.7 Å². The number of benzene rings is 1. The van der Waals surface area contributed by atoms with Crippen LogP contribution in [0.15, 0.2) is 50.5 Å². The van der Waals surface area contributed by atoms with E-state index in [1.807, 2.05) is 10.3 Å². The van der Waals surface area contributed by atoms with Gasteiger partial charge in [-0.25, -0.2) is 14.2 Å². The van der Waals surface area contributed by atoms with Crippen molar-refractivity contribution >= 4 is 55.3 Å². The van der Waals surface area contributed by atoms with Gasteiger partial charge in [-0.3, -0.25) is 4.99 Å². The van der Waals surface area contributed by atoms with Gasteiger partial charge < -0.3 is 9.64 Å². The smallest absolute Gasteiger partial charge is 0.365 e. The third kappa shape index (κ3) is 4.83. The molecule has 5 rings (SSSR count). The molecule has 8 nitrogen and oxygen atoms in total. The molecule has 2 aromatic rings. The Balaban J connectivity index is 1.61. The molecule has 0 radical (unpaired) electrons. The first-order valence-electron chi connectivity index (χ1n) is 11.2. The number of rotatable bonds is 7. The number of esters is 1. The van der Waals surface area contributed by atoms with E-state index in [9.17, 15) is 17.6 Å². The summed E-state index contributed by atoms with van der Waals surface area (Å²) in [4.78, 5) is 24.5. The lowest BCUT2D eigenvalue weighted by atomic mass is 9.94. The van der Waals surface area contributed by atoms with Gasteiger partial charge in [0.2, 0.25) is 0 Å². The number of carbonyl (C=O) groups is 1. The van der Waals surface area contributed by atoms with Crippen molar-refractivity contribution in [3.63, 3.8) is 0 Å². The molecule has 1 saturated carbocycles. The summed E-state index contributed by atoms with van der Waals surface area (Å²) in [7, 11) is -3.38. The van der Waals surface area contributed by atoms with E-state index in [0.717, 1.165) is 0 Å². The summed E-state index contributed by atoms with van der Waals surface area (Å²) >= 11 is 4.84. The van der Waals surface area contributed by atoms with E-state index in [1.54, 1.807) is 25.4 Å². The van der Waals surface area contributed by atoms with Gasteiger partial charge in [-0.15, -0.1) is 15.7 Å². The highest BCUT2D eigenvalue weighted by Gasteiger charge is 2.44. The van der Waals surface area contributed by atoms with Gasteiger partial charge in [0.25, 0.3) is 0 Å². The first kappa shape index (κ1) is 24.3. The Labute approximate surface area is 214 Å². The van der Waals surface area contributed by atoms with E-state index in [4.69, 9.17) is 9.73 Å². The van der Waals surface area contributed by atoms with Crippen LogP contribution < -0.4 is 4.40 Å². The molecule has 12 heteroatoms. The highest BCUT2D eigenvalue weighted by molar-refractivity contribution is 9.10. The number of nitrogens with zero attached hydrogens (tertiary/aromatic N) is 3. The highest BCUT2D eigenvalue weighted by atomic mass is 79.9. The fourth-order valence-electron chi connectivity index (χ4n) is 4.32. The molecule has 3 aliphatic rings. The lowest BCUT2D eigenvalue weighted by molar-refractivity contribution is -0.264. The van der Waals surface area contributed by atoms with E-state index < -0.39 is 27.9 Å². The van der Waals surface area contributed by atoms with Crippen LogP contribution >= 0.6 is 27.3 Å². The zero-order valence-electron chi connectivity index (χ0n) is 18.8. The summed E-state index contributed by atoms with van der Waals surface area (Å²) < 4.78 is 47.1. The maximum atomic E-state index is 13.9. The van der Waals surface area contributed by atoms with Crippen molar-refractivity contribution < 1.29 is 26.7 Å². The van der Waals surface area contributed by atoms with Gasteiger partial charge in [0.1, 0.15) is 17.1 Å². The molecule has 3 heterocycles. The maximum absolute atomic E-state index is 13.9. The normalized spacial score (nSPS) is 22.5. The van der Waals surface area contributed by atoms with E-state index in [0.29, 0.717) is 58.0 Å². The molecule has 0 bridgehead atoms. The molecule has 1 aromatic carbocycles. The van der Waals surface area contributed by atoms with E-state index >= 15 is 0 Å². The van der Waals surface area contributed by atoms with Crippen molar-refractivity contribution in [2.24, 2.45) is 10.9 Å². The van der Waals surface area contributed by atoms with Gasteiger partial charge in [-0.2, -0.15) is 8.42 Å². The topological polar surface area (TPSA) is 103 Å². The minimum Gasteiger partial charge on any atom is -0.463 e. The zero-order chi connectivity index (χ0) is 24.7. The number of amidine groups is 1. The van der Waals surface area contributed by atoms with Crippen molar-refractivity contribution in [1.82, 2.24) is 9.88 Å². The van der Waals surface area contributed by atoms with Crippen LogP contribution in [0.2, 0.25) is 0 Å². The van der Waals surface area contributed by atoms with Gasteiger partial charge in [-0.05, 0) is 37.5 Å². The van der Waals surface area contributed by atoms with Crippen molar-refractivity contribution in [3.8, 4) is 0 Å². The maximum Gasteiger partial charge on any atom is 0.365 e. The molecule has 1 N–H and O–H groups in total. The molecule has 184 valence electrons. The number of aromatic nitrogens is 1. The minimum atomic E-state index is -3.38. The molecule has 0 amide bonds. The van der Waals surface area contributed by atoms with Crippen LogP contribution in [0, 0.1) is 11.7 Å².